The summed E-state index contributed by atoms with van der Waals surface area (Å²) in [6.07, 6.45) is 0.964. The molecular formula is C37H23NO. The second-order valence-corrected chi connectivity index (χ2v) is 10.5. The molecule has 182 valence electrons. The van der Waals surface area contributed by atoms with Crippen LogP contribution in [0.15, 0.2) is 132 Å². The molecule has 0 fully saturated rings. The monoisotopic (exact) mass is 497 g/mol. The highest BCUT2D eigenvalue weighted by atomic mass is 16.3. The molecule has 9 rings (SSSR count). The average Bonchev–Trinajstić information content (AvgIpc) is 3.66. The van der Waals surface area contributed by atoms with Crippen LogP contribution in [0.4, 0.5) is 0 Å². The van der Waals surface area contributed by atoms with Crippen LogP contribution in [-0.2, 0) is 6.42 Å². The topological polar surface area (TPSA) is 18.1 Å². The first-order valence-corrected chi connectivity index (χ1v) is 13.5. The van der Waals surface area contributed by atoms with Crippen LogP contribution in [0.25, 0.3) is 71.7 Å². The second kappa shape index (κ2) is 7.72. The molecular weight excluding hydrogens is 474 g/mol. The summed E-state index contributed by atoms with van der Waals surface area (Å²) in [6.45, 7) is 0. The molecule has 0 bridgehead atoms. The van der Waals surface area contributed by atoms with E-state index in [-0.39, 0.29) is 0 Å². The molecule has 8 aromatic rings. The third-order valence-electron chi connectivity index (χ3n) is 8.43. The van der Waals surface area contributed by atoms with Gasteiger partial charge in [0.05, 0.1) is 16.4 Å². The predicted octanol–water partition coefficient (Wildman–Crippen LogP) is 9.92. The molecule has 0 saturated heterocycles. The van der Waals surface area contributed by atoms with Crippen LogP contribution < -0.4 is 0 Å². The first kappa shape index (κ1) is 20.9. The summed E-state index contributed by atoms with van der Waals surface area (Å²) in [6, 6.07) is 45.9. The van der Waals surface area contributed by atoms with Gasteiger partial charge in [0.1, 0.15) is 11.2 Å². The standard InChI is InChI=1S/C37H23NO/c1-2-8-23(9-3-1)24-14-17-27(18-15-24)38-32-13-7-6-12-31(32)35-33(38)21-20-30-29-19-16-26-22-25-10-4-5-11-28(25)34(26)36(29)39-37(30)35/h1-21H,22H2. The molecule has 0 unspecified atom stereocenters. The van der Waals surface area contributed by atoms with Gasteiger partial charge < -0.3 is 8.98 Å². The van der Waals surface area contributed by atoms with Gasteiger partial charge in [0.15, 0.2) is 0 Å². The lowest BCUT2D eigenvalue weighted by atomic mass is 10.0. The van der Waals surface area contributed by atoms with E-state index in [4.69, 9.17) is 4.42 Å². The van der Waals surface area contributed by atoms with Crippen molar-refractivity contribution in [2.24, 2.45) is 0 Å². The molecule has 0 radical (unpaired) electrons. The molecule has 2 aromatic heterocycles. The third-order valence-corrected chi connectivity index (χ3v) is 8.43. The summed E-state index contributed by atoms with van der Waals surface area (Å²) < 4.78 is 9.25. The lowest BCUT2D eigenvalue weighted by Crippen LogP contribution is -1.93. The Labute approximate surface area is 225 Å². The Morgan fingerprint density at radius 3 is 2.10 bits per heavy atom. The molecule has 2 heteroatoms. The van der Waals surface area contributed by atoms with Gasteiger partial charge in [0.25, 0.3) is 0 Å². The molecule has 6 aromatic carbocycles. The Balaban J connectivity index is 1.33. The van der Waals surface area contributed by atoms with Crippen molar-refractivity contribution in [1.29, 1.82) is 0 Å². The minimum Gasteiger partial charge on any atom is -0.455 e. The summed E-state index contributed by atoms with van der Waals surface area (Å²) in [5.41, 5.74) is 13.2. The number of furan rings is 1. The highest BCUT2D eigenvalue weighted by molar-refractivity contribution is 6.25. The highest BCUT2D eigenvalue weighted by Gasteiger charge is 2.25. The maximum absolute atomic E-state index is 6.89. The van der Waals surface area contributed by atoms with Crippen molar-refractivity contribution in [1.82, 2.24) is 4.57 Å². The molecule has 0 aliphatic heterocycles. The molecule has 1 aliphatic rings. The van der Waals surface area contributed by atoms with E-state index in [1.165, 1.54) is 60.4 Å². The first-order valence-electron chi connectivity index (χ1n) is 13.5. The van der Waals surface area contributed by atoms with E-state index < -0.39 is 0 Å². The van der Waals surface area contributed by atoms with Gasteiger partial charge in [0.2, 0.25) is 0 Å². The number of nitrogens with zero attached hydrogens (tertiary/aromatic N) is 1. The molecule has 1 aliphatic carbocycles. The number of hydrogen-bond donors (Lipinski definition) is 0. The number of para-hydroxylation sites is 1. The van der Waals surface area contributed by atoms with E-state index in [0.717, 1.165) is 28.8 Å². The van der Waals surface area contributed by atoms with E-state index in [2.05, 4.69) is 132 Å². The summed E-state index contributed by atoms with van der Waals surface area (Å²) >= 11 is 0. The summed E-state index contributed by atoms with van der Waals surface area (Å²) in [4.78, 5) is 0. The van der Waals surface area contributed by atoms with E-state index in [1.807, 2.05) is 0 Å². The van der Waals surface area contributed by atoms with Gasteiger partial charge in [-0.2, -0.15) is 0 Å². The van der Waals surface area contributed by atoms with Crippen LogP contribution in [0.3, 0.4) is 0 Å². The van der Waals surface area contributed by atoms with Crippen molar-refractivity contribution in [3.63, 3.8) is 0 Å². The maximum atomic E-state index is 6.89. The Morgan fingerprint density at radius 2 is 1.21 bits per heavy atom. The SMILES string of the molecule is c1ccc(-c2ccc(-n3c4ccccc4c4c5oc6c7c(ccc6c5ccc43)Cc3ccccc3-7)cc2)cc1. The Morgan fingerprint density at radius 1 is 0.487 bits per heavy atom. The van der Waals surface area contributed by atoms with Crippen molar-refractivity contribution in [3.8, 4) is 27.9 Å². The zero-order valence-electron chi connectivity index (χ0n) is 21.2. The van der Waals surface area contributed by atoms with Crippen molar-refractivity contribution >= 4 is 43.7 Å². The molecule has 2 nitrogen and oxygen atoms in total. The Hall–Kier alpha value is -5.08. The molecule has 0 atom stereocenters. The molecule has 0 saturated carbocycles. The van der Waals surface area contributed by atoms with E-state index in [0.29, 0.717) is 0 Å². The van der Waals surface area contributed by atoms with Crippen LogP contribution in [-0.4, -0.2) is 4.57 Å². The number of aromatic nitrogens is 1. The lowest BCUT2D eigenvalue weighted by molar-refractivity contribution is 0.674. The second-order valence-electron chi connectivity index (χ2n) is 10.5. The Bertz CT molecular complexity index is 2230. The highest BCUT2D eigenvalue weighted by Crippen LogP contribution is 2.46. The molecule has 39 heavy (non-hydrogen) atoms. The van der Waals surface area contributed by atoms with E-state index in [1.54, 1.807) is 0 Å². The molecule has 0 spiro atoms. The fourth-order valence-electron chi connectivity index (χ4n) is 6.67. The van der Waals surface area contributed by atoms with Crippen molar-refractivity contribution in [3.05, 3.63) is 139 Å². The van der Waals surface area contributed by atoms with Crippen molar-refractivity contribution < 1.29 is 4.42 Å². The van der Waals surface area contributed by atoms with Gasteiger partial charge >= 0.3 is 0 Å². The normalized spacial score (nSPS) is 12.5. The van der Waals surface area contributed by atoms with Crippen molar-refractivity contribution in [2.75, 3.05) is 0 Å². The van der Waals surface area contributed by atoms with Gasteiger partial charge in [-0.3, -0.25) is 0 Å². The minimum absolute atomic E-state index is 0.964. The summed E-state index contributed by atoms with van der Waals surface area (Å²) in [5, 5.41) is 4.74. The van der Waals surface area contributed by atoms with Gasteiger partial charge in [-0.15, -0.1) is 0 Å². The van der Waals surface area contributed by atoms with Gasteiger partial charge in [-0.1, -0.05) is 97.1 Å². The summed E-state index contributed by atoms with van der Waals surface area (Å²) in [7, 11) is 0. The van der Waals surface area contributed by atoms with Crippen LogP contribution in [0, 0.1) is 0 Å². The van der Waals surface area contributed by atoms with Crippen LogP contribution in [0.1, 0.15) is 11.1 Å². The average molecular weight is 498 g/mol. The molecule has 0 N–H and O–H groups in total. The smallest absolute Gasteiger partial charge is 0.145 e. The number of benzene rings is 6. The fourth-order valence-corrected chi connectivity index (χ4v) is 6.67. The van der Waals surface area contributed by atoms with Crippen molar-refractivity contribution in [2.45, 2.75) is 6.42 Å². The maximum Gasteiger partial charge on any atom is 0.145 e. The van der Waals surface area contributed by atoms with Gasteiger partial charge in [-0.25, -0.2) is 0 Å². The van der Waals surface area contributed by atoms with Gasteiger partial charge in [0, 0.05) is 27.4 Å². The number of hydrogen-bond acceptors (Lipinski definition) is 1. The molecule has 0 amide bonds. The third kappa shape index (κ3) is 2.86. The Kier molecular flexibility index (Phi) is 4.14. The summed E-state index contributed by atoms with van der Waals surface area (Å²) in [5.74, 6) is 0. The predicted molar refractivity (Wildman–Crippen MR) is 162 cm³/mol. The van der Waals surface area contributed by atoms with E-state index >= 15 is 0 Å². The minimum atomic E-state index is 0.964. The molecule has 2 heterocycles. The van der Waals surface area contributed by atoms with Crippen LogP contribution >= 0.6 is 0 Å². The van der Waals surface area contributed by atoms with Gasteiger partial charge in [-0.05, 0) is 64.6 Å². The largest absolute Gasteiger partial charge is 0.455 e. The lowest BCUT2D eigenvalue weighted by Gasteiger charge is -2.09. The number of rotatable bonds is 2. The first-order chi connectivity index (χ1) is 19.3. The zero-order valence-corrected chi connectivity index (χ0v) is 21.2. The van der Waals surface area contributed by atoms with Crippen LogP contribution in [0.5, 0.6) is 0 Å². The quantitative estimate of drug-likeness (QED) is 0.232. The van der Waals surface area contributed by atoms with E-state index in [9.17, 15) is 0 Å². The van der Waals surface area contributed by atoms with Crippen LogP contribution in [0.2, 0.25) is 0 Å². The number of fused-ring (bicyclic) bond motifs is 11. The fraction of sp³-hybridized carbons (Fsp3) is 0.0270. The zero-order chi connectivity index (χ0) is 25.5.